The van der Waals surface area contributed by atoms with Crippen molar-refractivity contribution in [3.8, 4) is 11.5 Å². The molecular weight excluding hydrogens is 556 g/mol. The van der Waals surface area contributed by atoms with Gasteiger partial charge in [-0.15, -0.1) is 0 Å². The molecule has 0 atom stereocenters. The number of anilines is 1. The number of ether oxygens (including phenoxy) is 2. The number of furan rings is 1. The summed E-state index contributed by atoms with van der Waals surface area (Å²) in [5, 5.41) is 9.49. The minimum atomic E-state index is -0.940. The zero-order valence-corrected chi connectivity index (χ0v) is 21.6. The molecule has 3 aromatic rings. The summed E-state index contributed by atoms with van der Waals surface area (Å²) in [6.07, 6.45) is 2.79. The number of amides is 3. The first-order chi connectivity index (χ1) is 17.3. The standard InChI is InChI=1S/C24H22BrClN4O6/c1-14-18(26)6-3-7-19(14)29-21(31)13-36-22-17(25)9-15(10-20(22)34-2)11-28-30-24(33)23(32)27-12-16-5-4-8-35-16/h3-11H,12-13H2,1-2H3,(H,27,32)(H,29,31)(H,30,33)/b28-11-. The van der Waals surface area contributed by atoms with Crippen molar-refractivity contribution < 1.29 is 28.3 Å². The second-order valence-corrected chi connectivity index (χ2v) is 8.51. The molecule has 0 aliphatic rings. The fraction of sp³-hybridized carbons (Fsp3) is 0.167. The summed E-state index contributed by atoms with van der Waals surface area (Å²) in [6.45, 7) is 1.59. The van der Waals surface area contributed by atoms with Gasteiger partial charge in [-0.2, -0.15) is 5.10 Å². The smallest absolute Gasteiger partial charge is 0.329 e. The van der Waals surface area contributed by atoms with Crippen LogP contribution in [-0.4, -0.2) is 37.7 Å². The maximum absolute atomic E-state index is 12.4. The summed E-state index contributed by atoms with van der Waals surface area (Å²) >= 11 is 9.47. The lowest BCUT2D eigenvalue weighted by Gasteiger charge is -2.14. The average molecular weight is 578 g/mol. The molecule has 0 fully saturated rings. The summed E-state index contributed by atoms with van der Waals surface area (Å²) in [7, 11) is 1.44. The zero-order chi connectivity index (χ0) is 26.1. The number of halogens is 2. The second kappa shape index (κ2) is 12.8. The van der Waals surface area contributed by atoms with E-state index in [-0.39, 0.29) is 19.1 Å². The number of carbonyl (C=O) groups excluding carboxylic acids is 3. The first-order valence-electron chi connectivity index (χ1n) is 10.5. The van der Waals surface area contributed by atoms with E-state index in [1.165, 1.54) is 19.6 Å². The number of carbonyl (C=O) groups is 3. The predicted octanol–water partition coefficient (Wildman–Crippen LogP) is 3.80. The van der Waals surface area contributed by atoms with Gasteiger partial charge in [-0.3, -0.25) is 14.4 Å². The van der Waals surface area contributed by atoms with Crippen molar-refractivity contribution in [2.75, 3.05) is 19.0 Å². The molecule has 188 valence electrons. The van der Waals surface area contributed by atoms with E-state index >= 15 is 0 Å². The van der Waals surface area contributed by atoms with Crippen LogP contribution >= 0.6 is 27.5 Å². The van der Waals surface area contributed by atoms with E-state index in [0.717, 1.165) is 5.56 Å². The Bertz CT molecular complexity index is 1280. The lowest BCUT2D eigenvalue weighted by molar-refractivity contribution is -0.139. The largest absolute Gasteiger partial charge is 0.493 e. The van der Waals surface area contributed by atoms with E-state index in [1.54, 1.807) is 49.4 Å². The van der Waals surface area contributed by atoms with Crippen molar-refractivity contribution in [1.29, 1.82) is 0 Å². The van der Waals surface area contributed by atoms with Gasteiger partial charge in [0.05, 0.1) is 30.6 Å². The third-order valence-corrected chi connectivity index (χ3v) is 5.73. The molecule has 3 amide bonds. The lowest BCUT2D eigenvalue weighted by atomic mass is 10.2. The van der Waals surface area contributed by atoms with Crippen LogP contribution in [-0.2, 0) is 20.9 Å². The maximum Gasteiger partial charge on any atom is 0.329 e. The highest BCUT2D eigenvalue weighted by molar-refractivity contribution is 9.10. The number of hydrogen-bond acceptors (Lipinski definition) is 7. The molecule has 3 N–H and O–H groups in total. The van der Waals surface area contributed by atoms with Gasteiger partial charge in [-0.1, -0.05) is 17.7 Å². The minimum absolute atomic E-state index is 0.0747. The molecule has 0 spiro atoms. The Kier molecular flexibility index (Phi) is 9.48. The van der Waals surface area contributed by atoms with Crippen molar-refractivity contribution in [2.45, 2.75) is 13.5 Å². The summed E-state index contributed by atoms with van der Waals surface area (Å²) in [5.41, 5.74) is 4.01. The summed E-state index contributed by atoms with van der Waals surface area (Å²) in [6, 6.07) is 11.8. The molecule has 0 saturated heterocycles. The molecule has 0 bridgehead atoms. The van der Waals surface area contributed by atoms with E-state index in [0.29, 0.717) is 38.0 Å². The van der Waals surface area contributed by atoms with Gasteiger partial charge in [0, 0.05) is 10.7 Å². The maximum atomic E-state index is 12.4. The molecule has 0 unspecified atom stereocenters. The second-order valence-electron chi connectivity index (χ2n) is 7.24. The molecule has 0 aliphatic heterocycles. The normalized spacial score (nSPS) is 10.7. The van der Waals surface area contributed by atoms with Crippen LogP contribution in [0.1, 0.15) is 16.9 Å². The summed E-state index contributed by atoms with van der Waals surface area (Å²) < 4.78 is 16.6. The number of benzene rings is 2. The Morgan fingerprint density at radius 1 is 1.17 bits per heavy atom. The van der Waals surface area contributed by atoms with E-state index in [1.807, 2.05) is 0 Å². The van der Waals surface area contributed by atoms with Gasteiger partial charge in [0.2, 0.25) is 0 Å². The number of rotatable bonds is 9. The van der Waals surface area contributed by atoms with Crippen LogP contribution in [0.4, 0.5) is 5.69 Å². The van der Waals surface area contributed by atoms with Gasteiger partial charge in [-0.25, -0.2) is 5.43 Å². The Labute approximate surface area is 220 Å². The van der Waals surface area contributed by atoms with E-state index in [4.69, 9.17) is 25.5 Å². The fourth-order valence-electron chi connectivity index (χ4n) is 2.90. The molecular formula is C24H22BrClN4O6. The number of nitrogens with one attached hydrogen (secondary N) is 3. The van der Waals surface area contributed by atoms with E-state index in [9.17, 15) is 14.4 Å². The molecule has 10 nitrogen and oxygen atoms in total. The van der Waals surface area contributed by atoms with Gasteiger partial charge in [0.1, 0.15) is 5.76 Å². The SMILES string of the molecule is COc1cc(/C=N\NC(=O)C(=O)NCc2ccco2)cc(Br)c1OCC(=O)Nc1cccc(Cl)c1C. The molecule has 0 aliphatic carbocycles. The monoisotopic (exact) mass is 576 g/mol. The van der Waals surface area contributed by atoms with Crippen molar-refractivity contribution >= 4 is 57.2 Å². The number of methoxy groups -OCH3 is 1. The Morgan fingerprint density at radius 2 is 1.97 bits per heavy atom. The molecule has 0 radical (unpaired) electrons. The van der Waals surface area contributed by atoms with Crippen LogP contribution in [0.25, 0.3) is 0 Å². The highest BCUT2D eigenvalue weighted by atomic mass is 79.9. The zero-order valence-electron chi connectivity index (χ0n) is 19.3. The number of hydrogen-bond donors (Lipinski definition) is 3. The highest BCUT2D eigenvalue weighted by Crippen LogP contribution is 2.36. The van der Waals surface area contributed by atoms with E-state index in [2.05, 4.69) is 37.1 Å². The molecule has 1 aromatic heterocycles. The number of nitrogens with zero attached hydrogens (tertiary/aromatic N) is 1. The van der Waals surface area contributed by atoms with Crippen molar-refractivity contribution in [3.05, 3.63) is 75.1 Å². The molecule has 12 heteroatoms. The Morgan fingerprint density at radius 3 is 2.69 bits per heavy atom. The quantitative estimate of drug-likeness (QED) is 0.201. The topological polar surface area (TPSA) is 131 Å². The third kappa shape index (κ3) is 7.33. The number of hydrazone groups is 1. The van der Waals surface area contributed by atoms with Crippen LogP contribution in [0, 0.1) is 6.92 Å². The first kappa shape index (κ1) is 26.8. The van der Waals surface area contributed by atoms with Crippen LogP contribution in [0.3, 0.4) is 0 Å². The van der Waals surface area contributed by atoms with Crippen molar-refractivity contribution in [3.63, 3.8) is 0 Å². The van der Waals surface area contributed by atoms with Crippen LogP contribution in [0.2, 0.25) is 5.02 Å². The van der Waals surface area contributed by atoms with Gasteiger partial charge < -0.3 is 24.5 Å². The predicted molar refractivity (Wildman–Crippen MR) is 137 cm³/mol. The van der Waals surface area contributed by atoms with Crippen molar-refractivity contribution in [1.82, 2.24) is 10.7 Å². The average Bonchev–Trinajstić information content (AvgIpc) is 3.38. The van der Waals surface area contributed by atoms with Gasteiger partial charge in [-0.05, 0) is 70.4 Å². The van der Waals surface area contributed by atoms with Gasteiger partial charge >= 0.3 is 11.8 Å². The summed E-state index contributed by atoms with van der Waals surface area (Å²) in [5.74, 6) is -1.06. The fourth-order valence-corrected chi connectivity index (χ4v) is 3.65. The van der Waals surface area contributed by atoms with Crippen molar-refractivity contribution in [2.24, 2.45) is 5.10 Å². The lowest BCUT2D eigenvalue weighted by Crippen LogP contribution is -2.37. The molecule has 2 aromatic carbocycles. The third-order valence-electron chi connectivity index (χ3n) is 4.73. The molecule has 3 rings (SSSR count). The van der Waals surface area contributed by atoms with Crippen LogP contribution < -0.4 is 25.5 Å². The van der Waals surface area contributed by atoms with E-state index < -0.39 is 11.8 Å². The van der Waals surface area contributed by atoms with Gasteiger partial charge in [0.15, 0.2) is 18.1 Å². The molecule has 1 heterocycles. The first-order valence-corrected chi connectivity index (χ1v) is 11.6. The molecule has 36 heavy (non-hydrogen) atoms. The Hall–Kier alpha value is -3.83. The minimum Gasteiger partial charge on any atom is -0.493 e. The Balaban J connectivity index is 1.56. The molecule has 0 saturated carbocycles. The highest BCUT2D eigenvalue weighted by Gasteiger charge is 2.15. The van der Waals surface area contributed by atoms with Crippen LogP contribution in [0.5, 0.6) is 11.5 Å². The van der Waals surface area contributed by atoms with Crippen LogP contribution in [0.15, 0.2) is 62.7 Å². The van der Waals surface area contributed by atoms with Gasteiger partial charge in [0.25, 0.3) is 5.91 Å². The summed E-state index contributed by atoms with van der Waals surface area (Å²) in [4.78, 5) is 36.1.